The number of hydrogen-bond acceptors (Lipinski definition) is 4. The quantitative estimate of drug-likeness (QED) is 0.370. The monoisotopic (exact) mass is 438 g/mol. The Bertz CT molecular complexity index is 1310. The van der Waals surface area contributed by atoms with Crippen LogP contribution in [0.2, 0.25) is 5.15 Å². The number of nitrogens with one attached hydrogen (secondary N) is 1. The topological polar surface area (TPSA) is 77.1 Å². The van der Waals surface area contributed by atoms with Crippen LogP contribution in [0.15, 0.2) is 47.6 Å². The van der Waals surface area contributed by atoms with Crippen LogP contribution in [-0.4, -0.2) is 31.5 Å². The third-order valence-corrected chi connectivity index (χ3v) is 5.36. The number of hydrogen-bond donors (Lipinski definition) is 1. The van der Waals surface area contributed by atoms with Gasteiger partial charge in [0.25, 0.3) is 5.91 Å². The number of carbonyl (C=O) groups excluding carboxylic acids is 1. The minimum atomic E-state index is -0.360. The van der Waals surface area contributed by atoms with E-state index in [9.17, 15) is 9.18 Å². The van der Waals surface area contributed by atoms with Gasteiger partial charge in [-0.3, -0.25) is 4.79 Å². The fourth-order valence-electron chi connectivity index (χ4n) is 3.42. The van der Waals surface area contributed by atoms with Crippen LogP contribution in [0, 0.1) is 19.7 Å². The summed E-state index contributed by atoms with van der Waals surface area (Å²) >= 11 is 6.42. The van der Waals surface area contributed by atoms with Gasteiger partial charge in [-0.05, 0) is 63.2 Å². The average molecular weight is 439 g/mol. The molecule has 0 unspecified atom stereocenters. The van der Waals surface area contributed by atoms with Gasteiger partial charge in [0.1, 0.15) is 16.8 Å². The molecule has 31 heavy (non-hydrogen) atoms. The van der Waals surface area contributed by atoms with E-state index in [1.54, 1.807) is 31.2 Å². The summed E-state index contributed by atoms with van der Waals surface area (Å²) in [7, 11) is 0. The molecule has 0 radical (unpaired) electrons. The molecular formula is C22H20ClFN6O. The van der Waals surface area contributed by atoms with Gasteiger partial charge in [0.2, 0.25) is 0 Å². The lowest BCUT2D eigenvalue weighted by Crippen LogP contribution is -2.17. The van der Waals surface area contributed by atoms with E-state index in [4.69, 9.17) is 11.6 Å². The van der Waals surface area contributed by atoms with Crippen LogP contribution < -0.4 is 5.43 Å². The first-order chi connectivity index (χ1) is 14.9. The highest BCUT2D eigenvalue weighted by Gasteiger charge is 2.14. The number of hydrazone groups is 1. The van der Waals surface area contributed by atoms with Gasteiger partial charge in [-0.25, -0.2) is 19.5 Å². The number of carbonyl (C=O) groups is 1. The minimum Gasteiger partial charge on any atom is -0.329 e. The number of benzene rings is 2. The van der Waals surface area contributed by atoms with E-state index in [1.807, 2.05) is 13.0 Å². The molecule has 0 spiro atoms. The van der Waals surface area contributed by atoms with Crippen LogP contribution in [-0.2, 0) is 6.54 Å². The van der Waals surface area contributed by atoms with E-state index < -0.39 is 0 Å². The van der Waals surface area contributed by atoms with Gasteiger partial charge in [-0.1, -0.05) is 11.6 Å². The lowest BCUT2D eigenvalue weighted by molar-refractivity contribution is 0.0955. The first kappa shape index (κ1) is 20.7. The number of aryl methyl sites for hydroxylation is 3. The largest absolute Gasteiger partial charge is 0.329 e. The van der Waals surface area contributed by atoms with Crippen LogP contribution in [0.1, 0.15) is 34.4 Å². The Kier molecular flexibility index (Phi) is 5.56. The summed E-state index contributed by atoms with van der Waals surface area (Å²) < 4.78 is 16.7. The maximum Gasteiger partial charge on any atom is 0.271 e. The van der Waals surface area contributed by atoms with Crippen molar-refractivity contribution >= 4 is 34.8 Å². The second kappa shape index (κ2) is 8.31. The first-order valence-electron chi connectivity index (χ1n) is 9.70. The van der Waals surface area contributed by atoms with Gasteiger partial charge in [0.05, 0.1) is 34.2 Å². The van der Waals surface area contributed by atoms with Crippen molar-refractivity contribution in [3.05, 3.63) is 76.1 Å². The molecule has 4 aromatic rings. The summed E-state index contributed by atoms with van der Waals surface area (Å²) in [5.74, 6) is 0.195. The van der Waals surface area contributed by atoms with Crippen LogP contribution in [0.4, 0.5) is 4.39 Å². The zero-order valence-electron chi connectivity index (χ0n) is 17.2. The van der Waals surface area contributed by atoms with Crippen LogP contribution in [0.25, 0.3) is 16.7 Å². The fraction of sp³-hybridized carbons (Fsp3) is 0.182. The van der Waals surface area contributed by atoms with E-state index in [-0.39, 0.29) is 11.7 Å². The number of imidazole rings is 1. The lowest BCUT2D eigenvalue weighted by atomic mass is 10.2. The first-order valence-corrected chi connectivity index (χ1v) is 10.1. The second-order valence-corrected chi connectivity index (χ2v) is 7.34. The summed E-state index contributed by atoms with van der Waals surface area (Å²) in [6.07, 6.45) is 1.44. The summed E-state index contributed by atoms with van der Waals surface area (Å²) in [6, 6.07) is 11.2. The summed E-state index contributed by atoms with van der Waals surface area (Å²) in [5, 5.41) is 8.71. The smallest absolute Gasteiger partial charge is 0.271 e. The molecule has 2 aromatic heterocycles. The third kappa shape index (κ3) is 3.94. The molecule has 2 aromatic carbocycles. The van der Waals surface area contributed by atoms with Crippen LogP contribution in [0.3, 0.4) is 0 Å². The van der Waals surface area contributed by atoms with Gasteiger partial charge in [-0.15, -0.1) is 0 Å². The zero-order chi connectivity index (χ0) is 22.1. The average Bonchev–Trinajstić information content (AvgIpc) is 3.23. The Morgan fingerprint density at radius 2 is 1.97 bits per heavy atom. The molecule has 0 aliphatic heterocycles. The zero-order valence-corrected chi connectivity index (χ0v) is 18.0. The third-order valence-electron chi connectivity index (χ3n) is 5.00. The Morgan fingerprint density at radius 3 is 2.68 bits per heavy atom. The van der Waals surface area contributed by atoms with Crippen molar-refractivity contribution in [1.29, 1.82) is 0 Å². The molecule has 0 fully saturated rings. The van der Waals surface area contributed by atoms with Crippen LogP contribution in [0.5, 0.6) is 0 Å². The predicted molar refractivity (Wildman–Crippen MR) is 118 cm³/mol. The Morgan fingerprint density at radius 1 is 1.23 bits per heavy atom. The lowest BCUT2D eigenvalue weighted by Gasteiger charge is -2.03. The summed E-state index contributed by atoms with van der Waals surface area (Å²) in [6.45, 7) is 6.57. The highest BCUT2D eigenvalue weighted by Crippen LogP contribution is 2.22. The van der Waals surface area contributed by atoms with Crippen molar-refractivity contribution in [1.82, 2.24) is 24.8 Å². The van der Waals surface area contributed by atoms with E-state index in [0.717, 1.165) is 23.4 Å². The Balaban J connectivity index is 1.53. The van der Waals surface area contributed by atoms with E-state index >= 15 is 0 Å². The number of halogens is 2. The summed E-state index contributed by atoms with van der Waals surface area (Å²) in [5.41, 5.74) is 6.50. The molecule has 0 aliphatic rings. The van der Waals surface area contributed by atoms with Crippen molar-refractivity contribution in [2.24, 2.45) is 5.10 Å². The van der Waals surface area contributed by atoms with Crippen molar-refractivity contribution in [3.8, 4) is 5.69 Å². The number of aromatic nitrogens is 4. The standard InChI is InChI=1S/C22H20ClFN6O/c1-4-29-14(3)26-19-11-15(5-10-20(19)29)22(31)27-25-12-18-13(2)28-30(21(18)23)17-8-6-16(24)7-9-17/h5-12H,4H2,1-3H3,(H,27,31)/b25-12-. The van der Waals surface area contributed by atoms with Crippen LogP contribution >= 0.6 is 11.6 Å². The molecule has 0 bridgehead atoms. The SMILES string of the molecule is CCn1c(C)nc2cc(C(=O)N/N=C\c3c(C)nn(-c4ccc(F)cc4)c3Cl)ccc21. The number of rotatable bonds is 5. The normalized spacial score (nSPS) is 11.5. The van der Waals surface area contributed by atoms with Crippen molar-refractivity contribution in [3.63, 3.8) is 0 Å². The van der Waals surface area contributed by atoms with Crippen molar-refractivity contribution < 1.29 is 9.18 Å². The highest BCUT2D eigenvalue weighted by atomic mass is 35.5. The Hall–Kier alpha value is -3.52. The molecular weight excluding hydrogens is 419 g/mol. The van der Waals surface area contributed by atoms with Crippen molar-refractivity contribution in [2.45, 2.75) is 27.3 Å². The molecule has 4 rings (SSSR count). The predicted octanol–water partition coefficient (Wildman–Crippen LogP) is 4.42. The van der Waals surface area contributed by atoms with Gasteiger partial charge >= 0.3 is 0 Å². The van der Waals surface area contributed by atoms with Crippen molar-refractivity contribution in [2.75, 3.05) is 0 Å². The molecule has 0 saturated heterocycles. The number of fused-ring (bicyclic) bond motifs is 1. The molecule has 1 N–H and O–H groups in total. The molecule has 0 atom stereocenters. The maximum absolute atomic E-state index is 13.2. The highest BCUT2D eigenvalue weighted by molar-refractivity contribution is 6.32. The minimum absolute atomic E-state index is 0.309. The van der Waals surface area contributed by atoms with Gasteiger partial charge in [0.15, 0.2) is 0 Å². The van der Waals surface area contributed by atoms with Gasteiger partial charge in [-0.2, -0.15) is 10.2 Å². The number of amides is 1. The second-order valence-electron chi connectivity index (χ2n) is 6.98. The molecule has 1 amide bonds. The Labute approximate surface area is 183 Å². The van der Waals surface area contributed by atoms with Gasteiger partial charge in [0, 0.05) is 12.1 Å². The molecule has 0 aliphatic carbocycles. The number of nitrogens with zero attached hydrogens (tertiary/aromatic N) is 5. The maximum atomic E-state index is 13.2. The molecule has 7 nitrogen and oxygen atoms in total. The van der Waals surface area contributed by atoms with E-state index in [0.29, 0.717) is 27.7 Å². The van der Waals surface area contributed by atoms with E-state index in [1.165, 1.54) is 23.0 Å². The summed E-state index contributed by atoms with van der Waals surface area (Å²) in [4.78, 5) is 17.0. The molecule has 2 heterocycles. The molecule has 158 valence electrons. The van der Waals surface area contributed by atoms with E-state index in [2.05, 4.69) is 32.1 Å². The fourth-order valence-corrected chi connectivity index (χ4v) is 3.74. The molecule has 9 heteroatoms. The molecule has 0 saturated carbocycles. The van der Waals surface area contributed by atoms with Gasteiger partial charge < -0.3 is 4.57 Å².